The summed E-state index contributed by atoms with van der Waals surface area (Å²) >= 11 is 9.50. The van der Waals surface area contributed by atoms with Crippen LogP contribution in [0.2, 0.25) is 0 Å². The summed E-state index contributed by atoms with van der Waals surface area (Å²) in [5.41, 5.74) is 0. The predicted octanol–water partition coefficient (Wildman–Crippen LogP) is 2.64. The van der Waals surface area contributed by atoms with Crippen LogP contribution in [0.15, 0.2) is 4.63 Å². The van der Waals surface area contributed by atoms with Gasteiger partial charge in [-0.15, -0.1) is 0 Å². The SMILES string of the molecule is S=c1[nH]o[nH]c(=S)ss1. The molecule has 1 heterocycles. The van der Waals surface area contributed by atoms with Crippen LogP contribution in [0.4, 0.5) is 0 Å². The number of rotatable bonds is 0. The van der Waals surface area contributed by atoms with E-state index in [-0.39, 0.29) is 0 Å². The van der Waals surface area contributed by atoms with Crippen LogP contribution in [0.25, 0.3) is 0 Å². The van der Waals surface area contributed by atoms with Crippen molar-refractivity contribution in [1.82, 2.24) is 10.3 Å². The van der Waals surface area contributed by atoms with Gasteiger partial charge < -0.3 is 0 Å². The van der Waals surface area contributed by atoms with Gasteiger partial charge in [0.1, 0.15) is 0 Å². The maximum absolute atomic E-state index is 4.75. The lowest BCUT2D eigenvalue weighted by molar-refractivity contribution is 0.286. The predicted molar refractivity (Wildman–Crippen MR) is 42.5 cm³/mol. The van der Waals surface area contributed by atoms with Gasteiger partial charge in [0.05, 0.1) is 0 Å². The molecule has 0 radical (unpaired) electrons. The number of hydrogen-bond acceptors (Lipinski definition) is 5. The van der Waals surface area contributed by atoms with Crippen LogP contribution in [0.3, 0.4) is 0 Å². The largest absolute Gasteiger partial charge is 0.293 e. The Morgan fingerprint density at radius 1 is 1.11 bits per heavy atom. The van der Waals surface area contributed by atoms with Crippen molar-refractivity contribution in [1.29, 1.82) is 0 Å². The third-order valence-corrected chi connectivity index (χ3v) is 3.56. The van der Waals surface area contributed by atoms with E-state index in [1.54, 1.807) is 0 Å². The van der Waals surface area contributed by atoms with Crippen LogP contribution < -0.4 is 0 Å². The van der Waals surface area contributed by atoms with Gasteiger partial charge in [0, 0.05) is 0 Å². The van der Waals surface area contributed by atoms with E-state index in [9.17, 15) is 0 Å². The molecule has 9 heavy (non-hydrogen) atoms. The Kier molecular flexibility index (Phi) is 2.58. The van der Waals surface area contributed by atoms with Gasteiger partial charge in [0.2, 0.25) is 7.91 Å². The first-order valence-electron chi connectivity index (χ1n) is 1.89. The minimum atomic E-state index is 0.562. The standard InChI is InChI=1S/C2H2N2OS4/c6-1-3-5-4-2(7)9-8-1/h(H,3,6)(H,4,7). The van der Waals surface area contributed by atoms with E-state index in [1.165, 1.54) is 20.7 Å². The Morgan fingerprint density at radius 2 is 1.56 bits per heavy atom. The smallest absolute Gasteiger partial charge is 0.200 e. The van der Waals surface area contributed by atoms with Crippen molar-refractivity contribution >= 4 is 45.1 Å². The van der Waals surface area contributed by atoms with Crippen LogP contribution >= 0.6 is 45.1 Å². The molecule has 1 aromatic heterocycles. The Balaban J connectivity index is 3.51. The second kappa shape index (κ2) is 3.25. The highest BCUT2D eigenvalue weighted by Crippen LogP contribution is 2.02. The molecule has 1 rings (SSSR count). The van der Waals surface area contributed by atoms with Crippen LogP contribution in [0.5, 0.6) is 0 Å². The van der Waals surface area contributed by atoms with Crippen molar-refractivity contribution in [3.8, 4) is 0 Å². The fourth-order valence-electron chi connectivity index (χ4n) is 0.219. The van der Waals surface area contributed by atoms with Crippen molar-refractivity contribution in [3.05, 3.63) is 7.91 Å². The normalized spacial score (nSPS) is 8.89. The molecule has 0 unspecified atom stereocenters. The lowest BCUT2D eigenvalue weighted by atomic mass is 11.6. The van der Waals surface area contributed by atoms with Crippen molar-refractivity contribution in [3.63, 3.8) is 0 Å². The number of aromatic amines is 2. The maximum Gasteiger partial charge on any atom is 0.200 e. The van der Waals surface area contributed by atoms with E-state index in [0.717, 1.165) is 0 Å². The summed E-state index contributed by atoms with van der Waals surface area (Å²) in [5.74, 6) is 0. The van der Waals surface area contributed by atoms with Crippen molar-refractivity contribution in [2.45, 2.75) is 0 Å². The van der Waals surface area contributed by atoms with Gasteiger partial charge >= 0.3 is 0 Å². The van der Waals surface area contributed by atoms with Gasteiger partial charge in [-0.25, -0.2) is 0 Å². The molecular formula is C2H2N2OS4. The minimum Gasteiger partial charge on any atom is -0.293 e. The lowest BCUT2D eigenvalue weighted by Gasteiger charge is -1.67. The Hall–Kier alpha value is 0.0200. The Bertz CT molecular complexity index is 278. The summed E-state index contributed by atoms with van der Waals surface area (Å²) in [6, 6.07) is 0. The molecule has 0 bridgehead atoms. The van der Waals surface area contributed by atoms with Gasteiger partial charge in [-0.3, -0.25) is 4.63 Å². The molecule has 0 aliphatic carbocycles. The zero-order valence-electron chi connectivity index (χ0n) is 4.04. The van der Waals surface area contributed by atoms with E-state index in [0.29, 0.717) is 7.91 Å². The zero-order valence-corrected chi connectivity index (χ0v) is 7.31. The number of aromatic nitrogens is 2. The van der Waals surface area contributed by atoms with Gasteiger partial charge in [0.25, 0.3) is 0 Å². The Labute approximate surface area is 68.0 Å². The first-order valence-corrected chi connectivity index (χ1v) is 4.86. The van der Waals surface area contributed by atoms with Crippen LogP contribution in [-0.2, 0) is 0 Å². The van der Waals surface area contributed by atoms with Crippen LogP contribution in [-0.4, -0.2) is 10.3 Å². The third-order valence-electron chi connectivity index (χ3n) is 0.462. The first-order chi connectivity index (χ1) is 4.29. The van der Waals surface area contributed by atoms with Gasteiger partial charge in [0.15, 0.2) is 0 Å². The number of hydrogen-bond donors (Lipinski definition) is 2. The van der Waals surface area contributed by atoms with E-state index in [4.69, 9.17) is 24.4 Å². The second-order valence-electron chi connectivity index (χ2n) is 1.05. The highest BCUT2D eigenvalue weighted by molar-refractivity contribution is 7.82. The quantitative estimate of drug-likeness (QED) is 0.497. The summed E-state index contributed by atoms with van der Waals surface area (Å²) in [4.78, 5) is 0. The molecule has 0 aliphatic heterocycles. The lowest BCUT2D eigenvalue weighted by Crippen LogP contribution is -1.61. The molecule has 0 aromatic carbocycles. The fraction of sp³-hybridized carbons (Fsp3) is 0. The summed E-state index contributed by atoms with van der Waals surface area (Å²) in [6.07, 6.45) is 0. The maximum atomic E-state index is 4.75. The average molecular weight is 198 g/mol. The summed E-state index contributed by atoms with van der Waals surface area (Å²) < 4.78 is 5.72. The zero-order chi connectivity index (χ0) is 6.69. The molecule has 7 heteroatoms. The van der Waals surface area contributed by atoms with Crippen molar-refractivity contribution in [2.24, 2.45) is 0 Å². The van der Waals surface area contributed by atoms with Gasteiger partial charge in [-0.1, -0.05) is 0 Å². The molecule has 3 nitrogen and oxygen atoms in total. The number of H-pyrrole nitrogens is 2. The number of nitrogens with one attached hydrogen (secondary N) is 2. The monoisotopic (exact) mass is 198 g/mol. The third kappa shape index (κ3) is 2.39. The van der Waals surface area contributed by atoms with E-state index < -0.39 is 0 Å². The molecule has 0 atom stereocenters. The summed E-state index contributed by atoms with van der Waals surface area (Å²) in [7, 11) is 2.71. The van der Waals surface area contributed by atoms with Gasteiger partial charge in [-0.05, 0) is 45.1 Å². The van der Waals surface area contributed by atoms with Gasteiger partial charge in [-0.2, -0.15) is 10.3 Å². The average Bonchev–Trinajstić information content (AvgIpc) is 1.97. The van der Waals surface area contributed by atoms with E-state index >= 15 is 0 Å². The molecular weight excluding hydrogens is 196 g/mol. The van der Waals surface area contributed by atoms with Crippen molar-refractivity contribution in [2.75, 3.05) is 0 Å². The highest BCUT2D eigenvalue weighted by atomic mass is 32.9. The molecule has 0 fully saturated rings. The topological polar surface area (TPSA) is 44.7 Å². The van der Waals surface area contributed by atoms with E-state index in [2.05, 4.69) is 14.9 Å². The van der Waals surface area contributed by atoms with Crippen LogP contribution in [0, 0.1) is 7.91 Å². The molecule has 1 aromatic rings. The van der Waals surface area contributed by atoms with E-state index in [1.807, 2.05) is 0 Å². The minimum absolute atomic E-state index is 0.562. The fourth-order valence-corrected chi connectivity index (χ4v) is 1.88. The molecule has 0 spiro atoms. The second-order valence-corrected chi connectivity index (χ2v) is 4.53. The molecule has 0 amide bonds. The highest BCUT2D eigenvalue weighted by Gasteiger charge is 1.73. The first kappa shape index (κ1) is 7.13. The molecule has 2 N–H and O–H groups in total. The molecule has 0 saturated heterocycles. The summed E-state index contributed by atoms with van der Waals surface area (Å²) in [5, 5.41) is 4.90. The molecule has 50 valence electrons. The van der Waals surface area contributed by atoms with Crippen LogP contribution in [0.1, 0.15) is 0 Å². The summed E-state index contributed by atoms with van der Waals surface area (Å²) in [6.45, 7) is 0. The Morgan fingerprint density at radius 3 is 2.00 bits per heavy atom. The molecule has 0 saturated carbocycles. The van der Waals surface area contributed by atoms with Crippen molar-refractivity contribution < 1.29 is 4.63 Å². The molecule has 0 aliphatic rings.